The molecule has 0 saturated heterocycles. The van der Waals surface area contributed by atoms with Crippen LogP contribution in [-0.4, -0.2) is 15.1 Å². The summed E-state index contributed by atoms with van der Waals surface area (Å²) in [6.07, 6.45) is 0. The zero-order chi connectivity index (χ0) is 15.5. The van der Waals surface area contributed by atoms with Crippen molar-refractivity contribution in [3.63, 3.8) is 0 Å². The van der Waals surface area contributed by atoms with Gasteiger partial charge in [0.05, 0.1) is 10.6 Å². The lowest BCUT2D eigenvalue weighted by atomic mass is 10.1. The molecule has 0 aliphatic carbocycles. The zero-order valence-corrected chi connectivity index (χ0v) is 11.5. The fourth-order valence-electron chi connectivity index (χ4n) is 2.01. The summed E-state index contributed by atoms with van der Waals surface area (Å²) in [5.74, 6) is 0.651. The van der Waals surface area contributed by atoms with E-state index in [4.69, 9.17) is 5.73 Å². The summed E-state index contributed by atoms with van der Waals surface area (Å²) in [7, 11) is 0. The smallest absolute Gasteiger partial charge is 0.269 e. The molecule has 22 heavy (non-hydrogen) atoms. The molecular weight excluding hydrogens is 282 g/mol. The third kappa shape index (κ3) is 2.88. The Balaban J connectivity index is 1.78. The minimum Gasteiger partial charge on any atom is -0.399 e. The molecule has 1 heterocycles. The van der Waals surface area contributed by atoms with Gasteiger partial charge in [0.2, 0.25) is 0 Å². The van der Waals surface area contributed by atoms with Gasteiger partial charge in [-0.15, -0.1) is 0 Å². The van der Waals surface area contributed by atoms with Crippen LogP contribution in [0.4, 0.5) is 22.9 Å². The van der Waals surface area contributed by atoms with Gasteiger partial charge in [-0.25, -0.2) is 0 Å². The van der Waals surface area contributed by atoms with Crippen molar-refractivity contribution >= 4 is 22.9 Å². The first-order valence-electron chi connectivity index (χ1n) is 6.54. The fourth-order valence-corrected chi connectivity index (χ4v) is 2.01. The van der Waals surface area contributed by atoms with Gasteiger partial charge in [-0.2, -0.15) is 5.10 Å². The van der Waals surface area contributed by atoms with Gasteiger partial charge >= 0.3 is 0 Å². The number of hydrogen-bond donors (Lipinski definition) is 3. The van der Waals surface area contributed by atoms with Crippen LogP contribution in [0.2, 0.25) is 0 Å². The number of non-ortho nitro benzene ring substituents is 1. The molecule has 0 spiro atoms. The Morgan fingerprint density at radius 3 is 2.41 bits per heavy atom. The normalized spacial score (nSPS) is 10.4. The molecule has 3 aromatic rings. The van der Waals surface area contributed by atoms with Gasteiger partial charge in [0, 0.05) is 35.1 Å². The SMILES string of the molecule is Nc1ccc(Nc2cc(-c3ccc([N+](=O)[O-])cc3)[nH]n2)cc1. The lowest BCUT2D eigenvalue weighted by molar-refractivity contribution is -0.384. The van der Waals surface area contributed by atoms with E-state index in [2.05, 4.69) is 15.5 Å². The number of nitro groups is 1. The van der Waals surface area contributed by atoms with Crippen molar-refractivity contribution in [3.05, 3.63) is 64.7 Å². The van der Waals surface area contributed by atoms with Crippen LogP contribution in [0, 0.1) is 10.1 Å². The second kappa shape index (κ2) is 5.57. The monoisotopic (exact) mass is 295 g/mol. The second-order valence-electron chi connectivity index (χ2n) is 4.72. The quantitative estimate of drug-likeness (QED) is 0.388. The number of aromatic nitrogens is 2. The highest BCUT2D eigenvalue weighted by Crippen LogP contribution is 2.24. The molecule has 0 radical (unpaired) electrons. The summed E-state index contributed by atoms with van der Waals surface area (Å²) in [6.45, 7) is 0. The highest BCUT2D eigenvalue weighted by atomic mass is 16.6. The highest BCUT2D eigenvalue weighted by Gasteiger charge is 2.07. The van der Waals surface area contributed by atoms with E-state index in [1.54, 1.807) is 24.3 Å². The standard InChI is InChI=1S/C15H13N5O2/c16-11-3-5-12(6-4-11)17-15-9-14(18-19-15)10-1-7-13(8-2-10)20(21)22/h1-9H,16H2,(H2,17,18,19). The van der Waals surface area contributed by atoms with Gasteiger partial charge in [-0.05, 0) is 36.4 Å². The molecule has 7 heteroatoms. The number of benzene rings is 2. The van der Waals surface area contributed by atoms with Crippen LogP contribution in [0.5, 0.6) is 0 Å². The number of anilines is 3. The van der Waals surface area contributed by atoms with Crippen LogP contribution in [-0.2, 0) is 0 Å². The first-order chi connectivity index (χ1) is 10.6. The maximum absolute atomic E-state index is 10.6. The molecule has 3 rings (SSSR count). The number of nitro benzene ring substituents is 1. The minimum atomic E-state index is -0.426. The number of rotatable bonds is 4. The van der Waals surface area contributed by atoms with E-state index in [-0.39, 0.29) is 5.69 Å². The van der Waals surface area contributed by atoms with Crippen LogP contribution in [0.3, 0.4) is 0 Å². The first kappa shape index (κ1) is 13.6. The molecule has 0 aliphatic rings. The number of hydrogen-bond acceptors (Lipinski definition) is 5. The number of nitrogens with one attached hydrogen (secondary N) is 2. The van der Waals surface area contributed by atoms with Crippen molar-refractivity contribution < 1.29 is 4.92 Å². The van der Waals surface area contributed by atoms with Crippen LogP contribution >= 0.6 is 0 Å². The van der Waals surface area contributed by atoms with E-state index in [9.17, 15) is 10.1 Å². The second-order valence-corrected chi connectivity index (χ2v) is 4.72. The Bertz CT molecular complexity index is 794. The average molecular weight is 295 g/mol. The number of aromatic amines is 1. The largest absolute Gasteiger partial charge is 0.399 e. The van der Waals surface area contributed by atoms with Crippen molar-refractivity contribution in [1.29, 1.82) is 0 Å². The van der Waals surface area contributed by atoms with E-state index in [1.165, 1.54) is 12.1 Å². The van der Waals surface area contributed by atoms with Gasteiger partial charge < -0.3 is 11.1 Å². The molecule has 0 atom stereocenters. The van der Waals surface area contributed by atoms with E-state index >= 15 is 0 Å². The summed E-state index contributed by atoms with van der Waals surface area (Å²) in [5.41, 5.74) is 8.85. The third-order valence-corrected chi connectivity index (χ3v) is 3.15. The first-order valence-corrected chi connectivity index (χ1v) is 6.54. The molecule has 0 bridgehead atoms. The van der Waals surface area contributed by atoms with E-state index in [0.29, 0.717) is 11.5 Å². The topological polar surface area (TPSA) is 110 Å². The molecule has 110 valence electrons. The Morgan fingerprint density at radius 2 is 1.77 bits per heavy atom. The van der Waals surface area contributed by atoms with Crippen LogP contribution in [0.25, 0.3) is 11.3 Å². The number of nitrogen functional groups attached to an aromatic ring is 1. The van der Waals surface area contributed by atoms with Crippen LogP contribution in [0.1, 0.15) is 0 Å². The molecule has 2 aromatic carbocycles. The molecule has 0 saturated carbocycles. The van der Waals surface area contributed by atoms with Gasteiger partial charge in [-0.1, -0.05) is 0 Å². The Morgan fingerprint density at radius 1 is 1.09 bits per heavy atom. The molecule has 4 N–H and O–H groups in total. The van der Waals surface area contributed by atoms with Gasteiger partial charge in [-0.3, -0.25) is 15.2 Å². The molecule has 1 aromatic heterocycles. The highest BCUT2D eigenvalue weighted by molar-refractivity contribution is 5.67. The minimum absolute atomic E-state index is 0.0588. The molecular formula is C15H13N5O2. The molecule has 0 fully saturated rings. The van der Waals surface area contributed by atoms with E-state index < -0.39 is 4.92 Å². The fraction of sp³-hybridized carbons (Fsp3) is 0. The van der Waals surface area contributed by atoms with E-state index in [0.717, 1.165) is 16.9 Å². The summed E-state index contributed by atoms with van der Waals surface area (Å²) in [5, 5.41) is 20.9. The van der Waals surface area contributed by atoms with Gasteiger partial charge in [0.15, 0.2) is 5.82 Å². The molecule has 0 amide bonds. The summed E-state index contributed by atoms with van der Waals surface area (Å²) in [6, 6.07) is 15.4. The lowest BCUT2D eigenvalue weighted by Gasteiger charge is -2.02. The third-order valence-electron chi connectivity index (χ3n) is 3.15. The predicted octanol–water partition coefficient (Wildman–Crippen LogP) is 3.31. The number of H-pyrrole nitrogens is 1. The van der Waals surface area contributed by atoms with Crippen LogP contribution in [0.15, 0.2) is 54.6 Å². The predicted molar refractivity (Wildman–Crippen MR) is 84.8 cm³/mol. The van der Waals surface area contributed by atoms with E-state index in [1.807, 2.05) is 18.2 Å². The Kier molecular flexibility index (Phi) is 3.45. The van der Waals surface area contributed by atoms with Gasteiger partial charge in [0.1, 0.15) is 0 Å². The van der Waals surface area contributed by atoms with Crippen LogP contribution < -0.4 is 11.1 Å². The number of nitrogens with two attached hydrogens (primary N) is 1. The molecule has 7 nitrogen and oxygen atoms in total. The van der Waals surface area contributed by atoms with Gasteiger partial charge in [0.25, 0.3) is 5.69 Å². The Labute approximate surface area is 125 Å². The van der Waals surface area contributed by atoms with Crippen molar-refractivity contribution in [3.8, 4) is 11.3 Å². The maximum Gasteiger partial charge on any atom is 0.269 e. The van der Waals surface area contributed by atoms with Crippen molar-refractivity contribution in [2.24, 2.45) is 0 Å². The average Bonchev–Trinajstić information content (AvgIpc) is 2.98. The molecule has 0 unspecified atom stereocenters. The summed E-state index contributed by atoms with van der Waals surface area (Å²) >= 11 is 0. The zero-order valence-electron chi connectivity index (χ0n) is 11.5. The maximum atomic E-state index is 10.6. The Hall–Kier alpha value is -3.35. The van der Waals surface area contributed by atoms with Crippen molar-refractivity contribution in [2.75, 3.05) is 11.1 Å². The van der Waals surface area contributed by atoms with Crippen molar-refractivity contribution in [2.45, 2.75) is 0 Å². The summed E-state index contributed by atoms with van der Waals surface area (Å²) < 4.78 is 0. The molecule has 0 aliphatic heterocycles. The lowest BCUT2D eigenvalue weighted by Crippen LogP contribution is -1.91. The van der Waals surface area contributed by atoms with Crippen molar-refractivity contribution in [1.82, 2.24) is 10.2 Å². The summed E-state index contributed by atoms with van der Waals surface area (Å²) in [4.78, 5) is 10.2. The number of nitrogens with zero attached hydrogens (tertiary/aromatic N) is 2.